The average molecular weight is 210 g/mol. The van der Waals surface area contributed by atoms with E-state index in [1.54, 1.807) is 6.92 Å². The van der Waals surface area contributed by atoms with E-state index in [1.165, 1.54) is 12.8 Å². The zero-order valence-corrected chi connectivity index (χ0v) is 9.06. The van der Waals surface area contributed by atoms with Gasteiger partial charge in [0.05, 0.1) is 12.1 Å². The summed E-state index contributed by atoms with van der Waals surface area (Å²) in [6.45, 7) is 2.61. The lowest BCUT2D eigenvalue weighted by atomic mass is 10.2. The molecule has 0 amide bonds. The molecule has 0 aliphatic carbocycles. The van der Waals surface area contributed by atoms with Crippen LogP contribution >= 0.6 is 0 Å². The lowest BCUT2D eigenvalue weighted by Gasteiger charge is -2.15. The van der Waals surface area contributed by atoms with Gasteiger partial charge >= 0.3 is 0 Å². The van der Waals surface area contributed by atoms with Gasteiger partial charge < -0.3 is 15.4 Å². The molecule has 2 rings (SSSR count). The van der Waals surface area contributed by atoms with Gasteiger partial charge in [-0.15, -0.1) is 10.2 Å². The number of aliphatic hydroxyl groups excluding tert-OH is 1. The highest BCUT2D eigenvalue weighted by Gasteiger charge is 2.22. The molecule has 0 aromatic carbocycles. The number of fused-ring (bicyclic) bond motifs is 1. The second-order valence-corrected chi connectivity index (χ2v) is 4.20. The number of nitrogens with two attached hydrogens (primary N) is 1. The number of rotatable bonds is 2. The first-order valence-electron chi connectivity index (χ1n) is 5.56. The third-order valence-electron chi connectivity index (χ3n) is 2.96. The molecule has 0 saturated carbocycles. The molecule has 5 nitrogen and oxygen atoms in total. The molecule has 0 saturated heterocycles. The van der Waals surface area contributed by atoms with Gasteiger partial charge in [-0.3, -0.25) is 0 Å². The van der Waals surface area contributed by atoms with E-state index in [0.29, 0.717) is 0 Å². The summed E-state index contributed by atoms with van der Waals surface area (Å²) in [5, 5.41) is 17.7. The van der Waals surface area contributed by atoms with Crippen molar-refractivity contribution in [2.75, 3.05) is 0 Å². The smallest absolute Gasteiger partial charge is 0.152 e. The van der Waals surface area contributed by atoms with Crippen molar-refractivity contribution in [3.05, 3.63) is 11.6 Å². The number of hydrogen-bond acceptors (Lipinski definition) is 4. The third kappa shape index (κ3) is 2.03. The molecule has 84 valence electrons. The van der Waals surface area contributed by atoms with Crippen molar-refractivity contribution in [2.24, 2.45) is 5.73 Å². The van der Waals surface area contributed by atoms with Gasteiger partial charge in [-0.2, -0.15) is 0 Å². The Morgan fingerprint density at radius 2 is 2.13 bits per heavy atom. The molecule has 0 fully saturated rings. The van der Waals surface area contributed by atoms with Crippen LogP contribution in [0.3, 0.4) is 0 Å². The van der Waals surface area contributed by atoms with Gasteiger partial charge in [-0.05, 0) is 19.8 Å². The van der Waals surface area contributed by atoms with Gasteiger partial charge in [-0.25, -0.2) is 0 Å². The van der Waals surface area contributed by atoms with Gasteiger partial charge in [0.2, 0.25) is 0 Å². The van der Waals surface area contributed by atoms with E-state index in [4.69, 9.17) is 5.73 Å². The van der Waals surface area contributed by atoms with E-state index in [2.05, 4.69) is 14.8 Å². The number of aromatic nitrogens is 3. The van der Waals surface area contributed by atoms with Gasteiger partial charge in [0, 0.05) is 13.0 Å². The van der Waals surface area contributed by atoms with Crippen molar-refractivity contribution in [3.63, 3.8) is 0 Å². The van der Waals surface area contributed by atoms with Crippen molar-refractivity contribution >= 4 is 0 Å². The summed E-state index contributed by atoms with van der Waals surface area (Å²) in [6, 6.07) is -0.427. The quantitative estimate of drug-likeness (QED) is 0.740. The molecule has 0 spiro atoms. The monoisotopic (exact) mass is 210 g/mol. The molecule has 2 heterocycles. The van der Waals surface area contributed by atoms with Crippen molar-refractivity contribution in [1.29, 1.82) is 0 Å². The standard InChI is InChI=1S/C10H18N4O/c1-7(15)9(11)10-13-12-8-5-3-2-4-6-14(8)10/h7,9,15H,2-6,11H2,1H3. The Morgan fingerprint density at radius 3 is 2.87 bits per heavy atom. The van der Waals surface area contributed by atoms with Gasteiger partial charge in [0.15, 0.2) is 5.82 Å². The average Bonchev–Trinajstić information content (AvgIpc) is 2.46. The summed E-state index contributed by atoms with van der Waals surface area (Å²) < 4.78 is 2.07. The van der Waals surface area contributed by atoms with Crippen LogP contribution < -0.4 is 5.73 Å². The summed E-state index contributed by atoms with van der Waals surface area (Å²) >= 11 is 0. The van der Waals surface area contributed by atoms with Crippen molar-refractivity contribution in [3.8, 4) is 0 Å². The van der Waals surface area contributed by atoms with Gasteiger partial charge in [-0.1, -0.05) is 6.42 Å². The van der Waals surface area contributed by atoms with Crippen molar-refractivity contribution < 1.29 is 5.11 Å². The summed E-state index contributed by atoms with van der Waals surface area (Å²) in [5.41, 5.74) is 5.88. The maximum Gasteiger partial charge on any atom is 0.152 e. The molecule has 15 heavy (non-hydrogen) atoms. The van der Waals surface area contributed by atoms with Crippen LogP contribution in [0.15, 0.2) is 0 Å². The molecule has 5 heteroatoms. The predicted molar refractivity (Wildman–Crippen MR) is 56.2 cm³/mol. The van der Waals surface area contributed by atoms with Crippen LogP contribution in [0, 0.1) is 0 Å². The Hall–Kier alpha value is -0.940. The van der Waals surface area contributed by atoms with E-state index >= 15 is 0 Å². The Labute approximate surface area is 89.3 Å². The van der Waals surface area contributed by atoms with E-state index in [-0.39, 0.29) is 0 Å². The normalized spacial score (nSPS) is 20.5. The topological polar surface area (TPSA) is 77.0 Å². The first-order chi connectivity index (χ1) is 7.20. The SMILES string of the molecule is CC(O)C(N)c1nnc2n1CCCCC2. The fourth-order valence-electron chi connectivity index (χ4n) is 1.97. The molecule has 0 radical (unpaired) electrons. The van der Waals surface area contributed by atoms with E-state index in [1.807, 2.05) is 0 Å². The fraction of sp³-hybridized carbons (Fsp3) is 0.800. The summed E-state index contributed by atoms with van der Waals surface area (Å²) in [6.07, 6.45) is 3.93. The van der Waals surface area contributed by atoms with E-state index in [0.717, 1.165) is 31.0 Å². The van der Waals surface area contributed by atoms with Crippen LogP contribution in [0.2, 0.25) is 0 Å². The Morgan fingerprint density at radius 1 is 1.33 bits per heavy atom. The molecule has 1 aromatic rings. The predicted octanol–water partition coefficient (Wildman–Crippen LogP) is 0.385. The Kier molecular flexibility index (Phi) is 3.02. The number of aryl methyl sites for hydroxylation is 1. The van der Waals surface area contributed by atoms with Crippen LogP contribution in [0.25, 0.3) is 0 Å². The van der Waals surface area contributed by atoms with Crippen LogP contribution in [0.1, 0.15) is 43.9 Å². The van der Waals surface area contributed by atoms with Crippen LogP contribution in [0.5, 0.6) is 0 Å². The fourth-order valence-corrected chi connectivity index (χ4v) is 1.97. The Bertz CT molecular complexity index is 334. The van der Waals surface area contributed by atoms with E-state index < -0.39 is 12.1 Å². The minimum Gasteiger partial charge on any atom is -0.391 e. The molecule has 1 aromatic heterocycles. The molecule has 0 bridgehead atoms. The second-order valence-electron chi connectivity index (χ2n) is 4.20. The highest BCUT2D eigenvalue weighted by Crippen LogP contribution is 2.19. The second kappa shape index (κ2) is 4.28. The van der Waals surface area contributed by atoms with Crippen LogP contribution in [-0.2, 0) is 13.0 Å². The van der Waals surface area contributed by atoms with Crippen LogP contribution in [-0.4, -0.2) is 26.0 Å². The van der Waals surface area contributed by atoms with Crippen molar-refractivity contribution in [1.82, 2.24) is 14.8 Å². The molecule has 1 aliphatic rings. The summed E-state index contributed by atoms with van der Waals surface area (Å²) in [7, 11) is 0. The zero-order chi connectivity index (χ0) is 10.8. The maximum atomic E-state index is 9.46. The highest BCUT2D eigenvalue weighted by molar-refractivity contribution is 5.03. The lowest BCUT2D eigenvalue weighted by Crippen LogP contribution is -2.27. The molecular formula is C10H18N4O. The largest absolute Gasteiger partial charge is 0.391 e. The Balaban J connectivity index is 2.29. The minimum absolute atomic E-state index is 0.427. The molecule has 2 atom stereocenters. The van der Waals surface area contributed by atoms with Gasteiger partial charge in [0.1, 0.15) is 5.82 Å². The molecular weight excluding hydrogens is 192 g/mol. The third-order valence-corrected chi connectivity index (χ3v) is 2.96. The first kappa shape index (κ1) is 10.6. The maximum absolute atomic E-state index is 9.46. The van der Waals surface area contributed by atoms with Crippen molar-refractivity contribution in [2.45, 2.75) is 51.3 Å². The number of aliphatic hydroxyl groups is 1. The number of hydrogen-bond donors (Lipinski definition) is 2. The van der Waals surface area contributed by atoms with Gasteiger partial charge in [0.25, 0.3) is 0 Å². The summed E-state index contributed by atoms with van der Waals surface area (Å²) in [4.78, 5) is 0. The molecule has 1 aliphatic heterocycles. The zero-order valence-electron chi connectivity index (χ0n) is 9.06. The highest BCUT2D eigenvalue weighted by atomic mass is 16.3. The van der Waals surface area contributed by atoms with E-state index in [9.17, 15) is 5.11 Å². The minimum atomic E-state index is -0.582. The van der Waals surface area contributed by atoms with Crippen LogP contribution in [0.4, 0.5) is 0 Å². The molecule has 3 N–H and O–H groups in total. The summed E-state index contributed by atoms with van der Waals surface area (Å²) in [5.74, 6) is 1.74. The number of nitrogens with zero attached hydrogens (tertiary/aromatic N) is 3. The molecule has 2 unspecified atom stereocenters. The lowest BCUT2D eigenvalue weighted by molar-refractivity contribution is 0.158. The first-order valence-corrected chi connectivity index (χ1v) is 5.56.